The van der Waals surface area contributed by atoms with Crippen LogP contribution in [0.25, 0.3) is 6.08 Å². The van der Waals surface area contributed by atoms with Gasteiger partial charge in [-0.05, 0) is 68.0 Å². The van der Waals surface area contributed by atoms with Gasteiger partial charge in [-0.15, -0.1) is 0 Å². The summed E-state index contributed by atoms with van der Waals surface area (Å²) in [4.78, 5) is 13.9. The number of ether oxygens (including phenoxy) is 2. The Labute approximate surface area is 195 Å². The van der Waals surface area contributed by atoms with Crippen molar-refractivity contribution in [2.24, 2.45) is 0 Å². The molecule has 1 heterocycles. The Balaban J connectivity index is 1.49. The lowest BCUT2D eigenvalue weighted by atomic mass is 9.94. The molecule has 1 fully saturated rings. The van der Waals surface area contributed by atoms with Crippen LogP contribution in [-0.2, 0) is 20.7 Å². The van der Waals surface area contributed by atoms with Gasteiger partial charge in [-0.2, -0.15) is 0 Å². The first kappa shape index (κ1) is 25.1. The number of hydrogen-bond donors (Lipinski definition) is 1. The van der Waals surface area contributed by atoms with Gasteiger partial charge in [-0.3, -0.25) is 4.90 Å². The highest BCUT2D eigenvalue weighted by Crippen LogP contribution is 2.25. The van der Waals surface area contributed by atoms with Crippen LogP contribution in [0.3, 0.4) is 0 Å². The molecule has 3 atom stereocenters. The van der Waals surface area contributed by atoms with Crippen LogP contribution in [0.5, 0.6) is 0 Å². The largest absolute Gasteiger partial charge is 0.463 e. The molecule has 0 radical (unpaired) electrons. The summed E-state index contributed by atoms with van der Waals surface area (Å²) >= 11 is 0. The SMILES string of the molecule is CCOC(=O)C=Cc1ccccc1[C@@H](C)OC[C@H](O)CN1CC[C@H]1Cc1ccc(C)c(F)c1. The average Bonchev–Trinajstić information content (AvgIpc) is 2.80. The molecule has 1 aliphatic heterocycles. The molecule has 1 saturated heterocycles. The van der Waals surface area contributed by atoms with E-state index in [4.69, 9.17) is 9.47 Å². The highest BCUT2D eigenvalue weighted by Gasteiger charge is 2.29. The minimum absolute atomic E-state index is 0.168. The molecule has 0 amide bonds. The van der Waals surface area contributed by atoms with E-state index in [1.54, 1.807) is 26.0 Å². The van der Waals surface area contributed by atoms with Crippen molar-refractivity contribution in [3.05, 3.63) is 76.6 Å². The number of β-amino-alcohol motifs (C(OH)–C–C–N with tert-alkyl or cyclic N) is 1. The predicted octanol–water partition coefficient (Wildman–Crippen LogP) is 4.47. The van der Waals surface area contributed by atoms with Gasteiger partial charge in [0.2, 0.25) is 0 Å². The molecule has 0 saturated carbocycles. The van der Waals surface area contributed by atoms with Crippen LogP contribution < -0.4 is 0 Å². The van der Waals surface area contributed by atoms with Crippen molar-refractivity contribution in [2.45, 2.75) is 51.9 Å². The fraction of sp³-hybridized carbons (Fsp3) is 0.444. The third-order valence-electron chi connectivity index (χ3n) is 6.08. The number of rotatable bonds is 11. The summed E-state index contributed by atoms with van der Waals surface area (Å²) in [5, 5.41) is 10.5. The number of aliphatic hydroxyl groups excluding tert-OH is 1. The molecule has 0 bridgehead atoms. The van der Waals surface area contributed by atoms with Gasteiger partial charge in [-0.25, -0.2) is 9.18 Å². The third-order valence-corrected chi connectivity index (χ3v) is 6.08. The van der Waals surface area contributed by atoms with Gasteiger partial charge in [0.05, 0.1) is 25.4 Å². The lowest BCUT2D eigenvalue weighted by Crippen LogP contribution is -2.52. The van der Waals surface area contributed by atoms with Gasteiger partial charge in [0, 0.05) is 25.2 Å². The van der Waals surface area contributed by atoms with Crippen molar-refractivity contribution in [3.8, 4) is 0 Å². The second-order valence-electron chi connectivity index (χ2n) is 8.57. The summed E-state index contributed by atoms with van der Waals surface area (Å²) in [7, 11) is 0. The van der Waals surface area contributed by atoms with Crippen molar-refractivity contribution >= 4 is 12.0 Å². The first-order valence-electron chi connectivity index (χ1n) is 11.6. The number of nitrogens with zero attached hydrogens (tertiary/aromatic N) is 1. The highest BCUT2D eigenvalue weighted by atomic mass is 19.1. The molecule has 2 aromatic rings. The molecule has 0 unspecified atom stereocenters. The Bertz CT molecular complexity index is 961. The number of carbonyl (C=O) groups excluding carboxylic acids is 1. The molecule has 1 aliphatic rings. The number of esters is 1. The van der Waals surface area contributed by atoms with E-state index in [9.17, 15) is 14.3 Å². The molecule has 5 nitrogen and oxygen atoms in total. The van der Waals surface area contributed by atoms with E-state index in [1.165, 1.54) is 6.08 Å². The first-order chi connectivity index (χ1) is 15.9. The maximum absolute atomic E-state index is 13.8. The quantitative estimate of drug-likeness (QED) is 0.400. The van der Waals surface area contributed by atoms with E-state index in [1.807, 2.05) is 43.3 Å². The molecule has 0 spiro atoms. The standard InChI is InChI=1S/C27H34FNO4/c1-4-32-27(31)12-11-22-7-5-6-8-25(22)20(3)33-18-24(30)17-29-14-13-23(29)15-21-10-9-19(2)26(28)16-21/h5-12,16,20,23-24,30H,4,13-15,17-18H2,1-3H3/t20-,23+,24-/m1/s1. The predicted molar refractivity (Wildman–Crippen MR) is 127 cm³/mol. The number of carbonyl (C=O) groups is 1. The number of benzene rings is 2. The van der Waals surface area contributed by atoms with Crippen LogP contribution >= 0.6 is 0 Å². The lowest BCUT2D eigenvalue weighted by molar-refractivity contribution is -0.137. The number of halogens is 1. The Morgan fingerprint density at radius 3 is 2.79 bits per heavy atom. The first-order valence-corrected chi connectivity index (χ1v) is 11.6. The van der Waals surface area contributed by atoms with Crippen LogP contribution in [0.15, 0.2) is 48.5 Å². The zero-order valence-corrected chi connectivity index (χ0v) is 19.7. The Hall–Kier alpha value is -2.54. The average molecular weight is 456 g/mol. The molecule has 6 heteroatoms. The van der Waals surface area contributed by atoms with Crippen LogP contribution in [0.2, 0.25) is 0 Å². The van der Waals surface area contributed by atoms with Gasteiger partial charge in [0.15, 0.2) is 0 Å². The Kier molecular flexibility index (Phi) is 9.18. The summed E-state index contributed by atoms with van der Waals surface area (Å²) in [5.41, 5.74) is 3.46. The van der Waals surface area contributed by atoms with Crippen molar-refractivity contribution in [3.63, 3.8) is 0 Å². The molecule has 0 aliphatic carbocycles. The summed E-state index contributed by atoms with van der Waals surface area (Å²) < 4.78 is 24.7. The molecule has 3 rings (SSSR count). The molecule has 1 N–H and O–H groups in total. The summed E-state index contributed by atoms with van der Waals surface area (Å²) in [5.74, 6) is -0.549. The fourth-order valence-electron chi connectivity index (χ4n) is 4.05. The van der Waals surface area contributed by atoms with Gasteiger partial charge in [-0.1, -0.05) is 36.4 Å². The zero-order chi connectivity index (χ0) is 23.8. The number of hydrogen-bond acceptors (Lipinski definition) is 5. The van der Waals surface area contributed by atoms with Gasteiger partial charge in [0.1, 0.15) is 5.82 Å². The van der Waals surface area contributed by atoms with Crippen molar-refractivity contribution < 1.29 is 23.8 Å². The molecule has 0 aromatic heterocycles. The van der Waals surface area contributed by atoms with Crippen LogP contribution in [0.4, 0.5) is 4.39 Å². The topological polar surface area (TPSA) is 59.0 Å². The summed E-state index contributed by atoms with van der Waals surface area (Å²) in [6, 6.07) is 13.4. The van der Waals surface area contributed by atoms with Gasteiger partial charge in [0.25, 0.3) is 0 Å². The monoisotopic (exact) mass is 455 g/mol. The lowest BCUT2D eigenvalue weighted by Gasteiger charge is -2.42. The molecule has 2 aromatic carbocycles. The molecule has 178 valence electrons. The molecular formula is C27H34FNO4. The van der Waals surface area contributed by atoms with E-state index in [-0.39, 0.29) is 24.5 Å². The van der Waals surface area contributed by atoms with Crippen LogP contribution in [0, 0.1) is 12.7 Å². The Morgan fingerprint density at radius 1 is 1.30 bits per heavy atom. The van der Waals surface area contributed by atoms with E-state index in [0.29, 0.717) is 24.8 Å². The van der Waals surface area contributed by atoms with Crippen molar-refractivity contribution in [2.75, 3.05) is 26.3 Å². The third kappa shape index (κ3) is 7.22. The normalized spacial score (nSPS) is 18.2. The van der Waals surface area contributed by atoms with E-state index in [2.05, 4.69) is 4.90 Å². The van der Waals surface area contributed by atoms with Crippen molar-refractivity contribution in [1.82, 2.24) is 4.90 Å². The second-order valence-corrected chi connectivity index (χ2v) is 8.57. The minimum Gasteiger partial charge on any atom is -0.463 e. The smallest absolute Gasteiger partial charge is 0.330 e. The number of likely N-dealkylation sites (tertiary alicyclic amines) is 1. The van der Waals surface area contributed by atoms with Gasteiger partial charge < -0.3 is 14.6 Å². The van der Waals surface area contributed by atoms with Gasteiger partial charge >= 0.3 is 5.97 Å². The van der Waals surface area contributed by atoms with Crippen molar-refractivity contribution in [1.29, 1.82) is 0 Å². The minimum atomic E-state index is -0.618. The fourth-order valence-corrected chi connectivity index (χ4v) is 4.05. The highest BCUT2D eigenvalue weighted by molar-refractivity contribution is 5.87. The maximum atomic E-state index is 13.8. The van der Waals surface area contributed by atoms with Crippen LogP contribution in [0.1, 0.15) is 48.6 Å². The summed E-state index contributed by atoms with van der Waals surface area (Å²) in [6.45, 7) is 7.46. The second kappa shape index (κ2) is 12.1. The number of aryl methyl sites for hydroxylation is 1. The maximum Gasteiger partial charge on any atom is 0.330 e. The Morgan fingerprint density at radius 2 is 2.09 bits per heavy atom. The van der Waals surface area contributed by atoms with E-state index < -0.39 is 6.10 Å². The molecular weight excluding hydrogens is 421 g/mol. The zero-order valence-electron chi connectivity index (χ0n) is 19.7. The molecule has 33 heavy (non-hydrogen) atoms. The van der Waals surface area contributed by atoms with E-state index in [0.717, 1.165) is 36.1 Å². The summed E-state index contributed by atoms with van der Waals surface area (Å²) in [6.07, 6.45) is 4.09. The van der Waals surface area contributed by atoms with Crippen LogP contribution in [-0.4, -0.2) is 54.4 Å². The number of aliphatic hydroxyl groups is 1. The van der Waals surface area contributed by atoms with E-state index >= 15 is 0 Å².